The van der Waals surface area contributed by atoms with Crippen molar-refractivity contribution >= 4 is 17.9 Å². The molecule has 1 aromatic heterocycles. The van der Waals surface area contributed by atoms with Crippen LogP contribution in [0.15, 0.2) is 97.2 Å². The van der Waals surface area contributed by atoms with Gasteiger partial charge in [-0.25, -0.2) is 9.78 Å². The van der Waals surface area contributed by atoms with E-state index < -0.39 is 35.1 Å². The number of rotatable bonds is 12. The SMILES string of the molecule is CC(C)(C)OC(=O)N[C@H](CCN(C(=O)c1ccccc1)[C@@H](c1nc(-c2ccccc2)cn1Cc1ccccc1)C(C)(C)C)CC(N)=O. The van der Waals surface area contributed by atoms with Crippen LogP contribution in [0.25, 0.3) is 11.3 Å². The summed E-state index contributed by atoms with van der Waals surface area (Å²) in [5.74, 6) is -0.0162. The van der Waals surface area contributed by atoms with Crippen LogP contribution in [0.3, 0.4) is 0 Å². The van der Waals surface area contributed by atoms with Crippen LogP contribution in [0.4, 0.5) is 4.79 Å². The summed E-state index contributed by atoms with van der Waals surface area (Å²) in [6.07, 6.45) is 1.55. The third-order valence-corrected chi connectivity index (χ3v) is 7.62. The Kier molecular flexibility index (Phi) is 11.2. The van der Waals surface area contributed by atoms with Crippen molar-refractivity contribution in [2.45, 2.75) is 78.6 Å². The van der Waals surface area contributed by atoms with Crippen LogP contribution in [-0.4, -0.2) is 50.5 Å². The highest BCUT2D eigenvalue weighted by Gasteiger charge is 2.39. The number of alkyl carbamates (subject to hydrolysis) is 1. The first-order chi connectivity index (χ1) is 22.2. The zero-order chi connectivity index (χ0) is 34.2. The van der Waals surface area contributed by atoms with Gasteiger partial charge in [0.2, 0.25) is 5.91 Å². The van der Waals surface area contributed by atoms with Crippen LogP contribution in [0.2, 0.25) is 0 Å². The van der Waals surface area contributed by atoms with E-state index in [0.717, 1.165) is 22.6 Å². The van der Waals surface area contributed by atoms with Crippen LogP contribution in [0, 0.1) is 5.41 Å². The summed E-state index contributed by atoms with van der Waals surface area (Å²) in [6.45, 7) is 12.3. The molecular weight excluding hydrogens is 590 g/mol. The molecule has 0 aliphatic rings. The van der Waals surface area contributed by atoms with E-state index in [0.29, 0.717) is 12.1 Å². The van der Waals surface area contributed by atoms with E-state index in [9.17, 15) is 14.4 Å². The van der Waals surface area contributed by atoms with E-state index in [1.807, 2.05) is 77.8 Å². The summed E-state index contributed by atoms with van der Waals surface area (Å²) < 4.78 is 7.59. The number of nitrogens with two attached hydrogens (primary N) is 1. The zero-order valence-electron chi connectivity index (χ0n) is 28.3. The Bertz CT molecular complexity index is 1620. The molecule has 0 fully saturated rings. The highest BCUT2D eigenvalue weighted by Crippen LogP contribution is 2.40. The molecule has 3 aromatic carbocycles. The summed E-state index contributed by atoms with van der Waals surface area (Å²) in [6, 6.07) is 28.1. The minimum atomic E-state index is -0.722. The molecule has 9 heteroatoms. The second-order valence-electron chi connectivity index (χ2n) is 13.9. The Morgan fingerprint density at radius 3 is 2.00 bits per heavy atom. The van der Waals surface area contributed by atoms with Crippen LogP contribution in [-0.2, 0) is 16.1 Å². The lowest BCUT2D eigenvalue weighted by molar-refractivity contribution is -0.118. The summed E-state index contributed by atoms with van der Waals surface area (Å²) in [5.41, 5.74) is 7.80. The van der Waals surface area contributed by atoms with Crippen molar-refractivity contribution in [3.05, 3.63) is 114 Å². The smallest absolute Gasteiger partial charge is 0.407 e. The molecule has 3 amide bonds. The monoisotopic (exact) mass is 637 g/mol. The Balaban J connectivity index is 1.80. The van der Waals surface area contributed by atoms with Crippen LogP contribution < -0.4 is 11.1 Å². The molecule has 0 unspecified atom stereocenters. The van der Waals surface area contributed by atoms with Gasteiger partial charge in [-0.2, -0.15) is 0 Å². The number of amides is 3. The van der Waals surface area contributed by atoms with Crippen LogP contribution in [0.1, 0.15) is 82.2 Å². The fourth-order valence-electron chi connectivity index (χ4n) is 5.63. The van der Waals surface area contributed by atoms with Gasteiger partial charge in [0.15, 0.2) is 0 Å². The molecule has 0 bridgehead atoms. The van der Waals surface area contributed by atoms with Gasteiger partial charge in [-0.05, 0) is 50.3 Å². The van der Waals surface area contributed by atoms with E-state index in [2.05, 4.69) is 42.8 Å². The standard InChI is InChI=1S/C38H47N5O4/c1-37(2,3)33(34-41-31(28-18-12-8-13-19-28)26-42(34)25-27-16-10-7-11-17-27)43(35(45)29-20-14-9-15-21-29)23-22-30(24-32(39)44)40-36(46)47-38(4,5)6/h7-21,26,30,33H,22-25H2,1-6H3,(H2,39,44)(H,40,46)/t30-,33+/m1/s1. The minimum absolute atomic E-state index is 0.104. The molecule has 0 aliphatic carbocycles. The summed E-state index contributed by atoms with van der Waals surface area (Å²) >= 11 is 0. The first-order valence-electron chi connectivity index (χ1n) is 16.0. The number of carbonyl (C=O) groups is 3. The molecular formula is C38H47N5O4. The molecule has 3 N–H and O–H groups in total. The molecule has 0 radical (unpaired) electrons. The van der Waals surface area contributed by atoms with Crippen molar-refractivity contribution in [1.82, 2.24) is 19.8 Å². The number of imidazole rings is 1. The predicted molar refractivity (Wildman–Crippen MR) is 184 cm³/mol. The van der Waals surface area contributed by atoms with Crippen molar-refractivity contribution < 1.29 is 19.1 Å². The maximum atomic E-state index is 14.5. The molecule has 4 rings (SSSR count). The first-order valence-corrected chi connectivity index (χ1v) is 16.0. The number of aromatic nitrogens is 2. The minimum Gasteiger partial charge on any atom is -0.444 e. The van der Waals surface area contributed by atoms with Crippen LogP contribution >= 0.6 is 0 Å². The fraction of sp³-hybridized carbons (Fsp3) is 0.368. The average Bonchev–Trinajstić information content (AvgIpc) is 3.40. The van der Waals surface area contributed by atoms with Gasteiger partial charge in [0.25, 0.3) is 5.91 Å². The van der Waals surface area contributed by atoms with Gasteiger partial charge in [-0.1, -0.05) is 99.6 Å². The fourth-order valence-corrected chi connectivity index (χ4v) is 5.63. The maximum absolute atomic E-state index is 14.5. The van der Waals surface area contributed by atoms with Crippen molar-refractivity contribution in [3.8, 4) is 11.3 Å². The van der Waals surface area contributed by atoms with E-state index in [4.69, 9.17) is 15.5 Å². The molecule has 0 saturated heterocycles. The molecule has 0 spiro atoms. The lowest BCUT2D eigenvalue weighted by Crippen LogP contribution is -2.46. The Morgan fingerprint density at radius 2 is 1.45 bits per heavy atom. The van der Waals surface area contributed by atoms with Gasteiger partial charge in [0, 0.05) is 42.9 Å². The van der Waals surface area contributed by atoms with Gasteiger partial charge in [0.1, 0.15) is 11.4 Å². The van der Waals surface area contributed by atoms with Crippen molar-refractivity contribution in [3.63, 3.8) is 0 Å². The van der Waals surface area contributed by atoms with E-state index in [1.165, 1.54) is 0 Å². The Morgan fingerprint density at radius 1 is 0.872 bits per heavy atom. The number of ether oxygens (including phenoxy) is 1. The van der Waals surface area contributed by atoms with Gasteiger partial charge in [-0.15, -0.1) is 0 Å². The normalized spacial score (nSPS) is 13.0. The molecule has 9 nitrogen and oxygen atoms in total. The topological polar surface area (TPSA) is 120 Å². The number of hydrogen-bond acceptors (Lipinski definition) is 5. The number of nitrogens with zero attached hydrogens (tertiary/aromatic N) is 3. The number of benzene rings is 3. The van der Waals surface area contributed by atoms with Crippen molar-refractivity contribution in [1.29, 1.82) is 0 Å². The Labute approximate surface area is 278 Å². The lowest BCUT2D eigenvalue weighted by Gasteiger charge is -2.40. The summed E-state index contributed by atoms with van der Waals surface area (Å²) in [4.78, 5) is 46.3. The number of hydrogen-bond donors (Lipinski definition) is 2. The summed E-state index contributed by atoms with van der Waals surface area (Å²) in [5, 5.41) is 2.81. The highest BCUT2D eigenvalue weighted by molar-refractivity contribution is 5.94. The van der Waals surface area contributed by atoms with Crippen molar-refractivity contribution in [2.75, 3.05) is 6.54 Å². The van der Waals surface area contributed by atoms with Gasteiger partial charge in [0.05, 0.1) is 11.7 Å². The molecule has 0 aliphatic heterocycles. The molecule has 47 heavy (non-hydrogen) atoms. The van der Waals surface area contributed by atoms with Gasteiger partial charge < -0.3 is 25.3 Å². The van der Waals surface area contributed by atoms with Gasteiger partial charge >= 0.3 is 6.09 Å². The maximum Gasteiger partial charge on any atom is 0.407 e. The third kappa shape index (κ3) is 10.0. The zero-order valence-corrected chi connectivity index (χ0v) is 28.3. The largest absolute Gasteiger partial charge is 0.444 e. The predicted octanol–water partition coefficient (Wildman–Crippen LogP) is 6.99. The first kappa shape index (κ1) is 34.9. The highest BCUT2D eigenvalue weighted by atomic mass is 16.6. The molecule has 1 heterocycles. The molecule has 2 atom stereocenters. The molecule has 0 saturated carbocycles. The number of nitrogens with one attached hydrogen (secondary N) is 1. The quantitative estimate of drug-likeness (QED) is 0.174. The second-order valence-corrected chi connectivity index (χ2v) is 13.9. The van der Waals surface area contributed by atoms with Crippen LogP contribution in [0.5, 0.6) is 0 Å². The Hall–Kier alpha value is -4.92. The third-order valence-electron chi connectivity index (χ3n) is 7.62. The van der Waals surface area contributed by atoms with Crippen molar-refractivity contribution in [2.24, 2.45) is 11.1 Å². The van der Waals surface area contributed by atoms with Gasteiger partial charge in [-0.3, -0.25) is 9.59 Å². The van der Waals surface area contributed by atoms with E-state index >= 15 is 0 Å². The molecule has 248 valence electrons. The van der Waals surface area contributed by atoms with E-state index in [1.54, 1.807) is 32.9 Å². The molecule has 4 aromatic rings. The number of carbonyl (C=O) groups excluding carboxylic acids is 3. The van der Waals surface area contributed by atoms with E-state index in [-0.39, 0.29) is 25.3 Å². The lowest BCUT2D eigenvalue weighted by atomic mass is 9.84. The average molecular weight is 638 g/mol. The summed E-state index contributed by atoms with van der Waals surface area (Å²) in [7, 11) is 0. The number of primary amides is 1. The second kappa shape index (κ2) is 15.1.